The second-order valence-corrected chi connectivity index (χ2v) is 5.45. The van der Waals surface area contributed by atoms with E-state index in [1.165, 1.54) is 18.5 Å². The van der Waals surface area contributed by atoms with Crippen LogP contribution in [-0.2, 0) is 14.6 Å². The summed E-state index contributed by atoms with van der Waals surface area (Å²) in [5, 5.41) is 0. The molecule has 1 amide bonds. The largest absolute Gasteiger partial charge is 0.370 e. The Balaban J connectivity index is 2.72. The Morgan fingerprint density at radius 3 is 2.75 bits per heavy atom. The molecule has 0 atom stereocenters. The molecule has 1 radical (unpaired) electrons. The van der Waals surface area contributed by atoms with Crippen LogP contribution >= 0.6 is 0 Å². The van der Waals surface area contributed by atoms with E-state index in [1.54, 1.807) is 6.42 Å². The smallest absolute Gasteiger partial charge is 0.217 e. The zero-order valence-electron chi connectivity index (χ0n) is 8.88. The fourth-order valence-electron chi connectivity index (χ4n) is 1.13. The van der Waals surface area contributed by atoms with Crippen LogP contribution in [0.2, 0.25) is 0 Å². The van der Waals surface area contributed by atoms with E-state index in [0.717, 1.165) is 6.26 Å². The van der Waals surface area contributed by atoms with E-state index in [2.05, 4.69) is 4.98 Å². The van der Waals surface area contributed by atoms with Crippen LogP contribution in [0.5, 0.6) is 0 Å². The third-order valence-corrected chi connectivity index (χ3v) is 3.01. The molecule has 0 fully saturated rings. The molecule has 2 N–H and O–H groups in total. The molecule has 0 unspecified atom stereocenters. The maximum atomic E-state index is 11.2. The van der Waals surface area contributed by atoms with Crippen LogP contribution < -0.4 is 5.73 Å². The molecule has 0 aliphatic heterocycles. The first kappa shape index (κ1) is 12.6. The number of carbonyl (C=O) groups excluding carboxylic acids is 1. The van der Waals surface area contributed by atoms with Crippen molar-refractivity contribution in [3.8, 4) is 0 Å². The van der Waals surface area contributed by atoms with Gasteiger partial charge in [-0.3, -0.25) is 9.78 Å². The summed E-state index contributed by atoms with van der Waals surface area (Å²) < 4.78 is 22.5. The van der Waals surface area contributed by atoms with Gasteiger partial charge in [-0.25, -0.2) is 8.42 Å². The molecular weight excluding hydrogens is 228 g/mol. The van der Waals surface area contributed by atoms with E-state index in [1.807, 2.05) is 0 Å². The fraction of sp³-hybridized carbons (Fsp3) is 0.300. The van der Waals surface area contributed by atoms with Crippen LogP contribution in [0, 0.1) is 6.42 Å². The molecule has 6 heteroatoms. The highest BCUT2D eigenvalue weighted by atomic mass is 32.2. The summed E-state index contributed by atoms with van der Waals surface area (Å²) in [5.41, 5.74) is 5.66. The number of nitrogens with two attached hydrogens (primary N) is 1. The fourth-order valence-corrected chi connectivity index (χ4v) is 1.73. The number of aromatic nitrogens is 1. The molecule has 0 aliphatic rings. The lowest BCUT2D eigenvalue weighted by Crippen LogP contribution is -2.09. The Bertz CT molecular complexity index is 483. The maximum Gasteiger partial charge on any atom is 0.217 e. The molecule has 1 rings (SSSR count). The molecule has 1 aromatic rings. The first-order chi connectivity index (χ1) is 7.39. The highest BCUT2D eigenvalue weighted by Crippen LogP contribution is 2.12. The van der Waals surface area contributed by atoms with Crippen LogP contribution in [0.1, 0.15) is 18.4 Å². The molecule has 1 heterocycles. The Kier molecular flexibility index (Phi) is 4.00. The van der Waals surface area contributed by atoms with Crippen LogP contribution in [0.15, 0.2) is 23.4 Å². The van der Waals surface area contributed by atoms with Crippen molar-refractivity contribution in [3.63, 3.8) is 0 Å². The van der Waals surface area contributed by atoms with E-state index < -0.39 is 9.84 Å². The summed E-state index contributed by atoms with van der Waals surface area (Å²) in [6, 6.07) is 1.52. The third-order valence-electron chi connectivity index (χ3n) is 1.93. The highest BCUT2D eigenvalue weighted by Gasteiger charge is 2.08. The maximum absolute atomic E-state index is 11.2. The van der Waals surface area contributed by atoms with Crippen LogP contribution in [-0.4, -0.2) is 25.6 Å². The summed E-state index contributed by atoms with van der Waals surface area (Å²) >= 11 is 0. The van der Waals surface area contributed by atoms with Gasteiger partial charge in [0.1, 0.15) is 0 Å². The summed E-state index contributed by atoms with van der Waals surface area (Å²) in [7, 11) is -3.24. The quantitative estimate of drug-likeness (QED) is 0.803. The number of sulfone groups is 1. The van der Waals surface area contributed by atoms with Gasteiger partial charge in [-0.15, -0.1) is 0 Å². The highest BCUT2D eigenvalue weighted by molar-refractivity contribution is 7.90. The number of amides is 1. The standard InChI is InChI=1S/C10H13N2O3S/c1-16(14,15)9-5-8(6-12-7-9)3-2-4-10(11)13/h3,5-7H,2,4H2,1H3,(H2,11,13). The lowest BCUT2D eigenvalue weighted by Gasteiger charge is -2.02. The average Bonchev–Trinajstić information content (AvgIpc) is 2.16. The average molecular weight is 241 g/mol. The van der Waals surface area contributed by atoms with Gasteiger partial charge in [0.2, 0.25) is 5.91 Å². The Morgan fingerprint density at radius 2 is 2.19 bits per heavy atom. The van der Waals surface area contributed by atoms with Gasteiger partial charge in [-0.2, -0.15) is 0 Å². The number of nitrogens with zero attached hydrogens (tertiary/aromatic N) is 1. The number of pyridine rings is 1. The molecule has 1 aromatic heterocycles. The van der Waals surface area contributed by atoms with Crippen LogP contribution in [0.25, 0.3) is 0 Å². The molecule has 16 heavy (non-hydrogen) atoms. The first-order valence-electron chi connectivity index (χ1n) is 4.66. The van der Waals surface area contributed by atoms with Crippen molar-refractivity contribution in [2.45, 2.75) is 17.7 Å². The minimum atomic E-state index is -3.24. The predicted molar refractivity (Wildman–Crippen MR) is 59.2 cm³/mol. The normalized spacial score (nSPS) is 11.3. The SMILES string of the molecule is CS(=O)(=O)c1cncc([CH]CCC(N)=O)c1. The number of hydrogen-bond donors (Lipinski definition) is 1. The lowest BCUT2D eigenvalue weighted by molar-refractivity contribution is -0.117. The van der Waals surface area contributed by atoms with Gasteiger partial charge in [0.15, 0.2) is 9.84 Å². The minimum absolute atomic E-state index is 0.167. The van der Waals surface area contributed by atoms with E-state index in [9.17, 15) is 13.2 Å². The number of carbonyl (C=O) groups is 1. The lowest BCUT2D eigenvalue weighted by atomic mass is 10.1. The molecule has 87 valence electrons. The van der Waals surface area contributed by atoms with Gasteiger partial charge in [0, 0.05) is 25.1 Å². The van der Waals surface area contributed by atoms with Gasteiger partial charge >= 0.3 is 0 Å². The van der Waals surface area contributed by atoms with Crippen molar-refractivity contribution < 1.29 is 13.2 Å². The molecule has 5 nitrogen and oxygen atoms in total. The van der Waals surface area contributed by atoms with Gasteiger partial charge in [-0.05, 0) is 24.5 Å². The van der Waals surface area contributed by atoms with Crippen molar-refractivity contribution in [2.24, 2.45) is 5.73 Å². The molecule has 0 saturated heterocycles. The predicted octanol–water partition coefficient (Wildman–Crippen LogP) is 0.303. The van der Waals surface area contributed by atoms with Gasteiger partial charge < -0.3 is 5.73 Å². The molecule has 0 aromatic carbocycles. The molecular formula is C10H13N2O3S. The topological polar surface area (TPSA) is 90.1 Å². The zero-order valence-corrected chi connectivity index (χ0v) is 9.70. The monoisotopic (exact) mass is 241 g/mol. The van der Waals surface area contributed by atoms with Gasteiger partial charge in [-0.1, -0.05) is 0 Å². The number of hydrogen-bond acceptors (Lipinski definition) is 4. The van der Waals surface area contributed by atoms with Crippen molar-refractivity contribution in [1.29, 1.82) is 0 Å². The van der Waals surface area contributed by atoms with Crippen molar-refractivity contribution in [2.75, 3.05) is 6.26 Å². The summed E-state index contributed by atoms with van der Waals surface area (Å²) in [5.74, 6) is -0.386. The van der Waals surface area contributed by atoms with E-state index >= 15 is 0 Å². The first-order valence-corrected chi connectivity index (χ1v) is 6.55. The summed E-state index contributed by atoms with van der Waals surface area (Å²) in [6.07, 6.45) is 6.40. The van der Waals surface area contributed by atoms with Gasteiger partial charge in [0.25, 0.3) is 0 Å². The van der Waals surface area contributed by atoms with E-state index in [0.29, 0.717) is 12.0 Å². The zero-order chi connectivity index (χ0) is 12.2. The summed E-state index contributed by atoms with van der Waals surface area (Å²) in [6.45, 7) is 0. The summed E-state index contributed by atoms with van der Waals surface area (Å²) in [4.78, 5) is 14.5. The molecule has 0 aliphatic carbocycles. The van der Waals surface area contributed by atoms with Crippen molar-refractivity contribution in [1.82, 2.24) is 4.98 Å². The van der Waals surface area contributed by atoms with Gasteiger partial charge in [0.05, 0.1) is 4.90 Å². The van der Waals surface area contributed by atoms with Crippen molar-refractivity contribution in [3.05, 3.63) is 30.4 Å². The second-order valence-electron chi connectivity index (χ2n) is 3.44. The van der Waals surface area contributed by atoms with Crippen LogP contribution in [0.3, 0.4) is 0 Å². The Morgan fingerprint density at radius 1 is 1.50 bits per heavy atom. The minimum Gasteiger partial charge on any atom is -0.370 e. The Hall–Kier alpha value is -1.43. The number of primary amides is 1. The van der Waals surface area contributed by atoms with E-state index in [-0.39, 0.29) is 17.2 Å². The second kappa shape index (κ2) is 5.07. The number of rotatable bonds is 5. The molecule has 0 bridgehead atoms. The molecule has 0 spiro atoms. The van der Waals surface area contributed by atoms with Crippen molar-refractivity contribution >= 4 is 15.7 Å². The third kappa shape index (κ3) is 3.98. The van der Waals surface area contributed by atoms with E-state index in [4.69, 9.17) is 5.73 Å². The van der Waals surface area contributed by atoms with Crippen LogP contribution in [0.4, 0.5) is 0 Å². The molecule has 0 saturated carbocycles. The Labute approximate surface area is 94.6 Å².